The van der Waals surface area contributed by atoms with Gasteiger partial charge in [-0.05, 0) is 84.1 Å². The minimum Gasteiger partial charge on any atom is -0.471 e. The summed E-state index contributed by atoms with van der Waals surface area (Å²) in [5, 5.41) is 17.1. The zero-order valence-corrected chi connectivity index (χ0v) is 35.6. The second-order valence-corrected chi connectivity index (χ2v) is 20.2. The molecule has 2 aromatic heterocycles. The Balaban J connectivity index is 1.16. The fourth-order valence-electron chi connectivity index (χ4n) is 7.81. The van der Waals surface area contributed by atoms with E-state index in [-0.39, 0.29) is 31.7 Å². The molecule has 0 radical (unpaired) electrons. The van der Waals surface area contributed by atoms with E-state index in [0.717, 1.165) is 23.1 Å². The van der Waals surface area contributed by atoms with E-state index in [9.17, 15) is 32.3 Å². The predicted molar refractivity (Wildman–Crippen MR) is 224 cm³/mol. The summed E-state index contributed by atoms with van der Waals surface area (Å²) in [6.07, 6.45) is 2.57. The van der Waals surface area contributed by atoms with E-state index in [4.69, 9.17) is 19.4 Å². The number of hydrogen-bond acceptors (Lipinski definition) is 11. The molecule has 4 aliphatic rings. The van der Waals surface area contributed by atoms with E-state index in [1.54, 1.807) is 26.8 Å². The van der Waals surface area contributed by atoms with Crippen LogP contribution < -0.4 is 20.1 Å². The number of aryl methyl sites for hydroxylation is 1. The molecule has 0 spiro atoms. The van der Waals surface area contributed by atoms with Crippen molar-refractivity contribution < 1.29 is 41.8 Å². The van der Waals surface area contributed by atoms with Gasteiger partial charge < -0.3 is 30.1 Å². The summed E-state index contributed by atoms with van der Waals surface area (Å²) >= 11 is 1.33. The highest BCUT2D eigenvalue weighted by Crippen LogP contribution is 2.46. The first-order valence-electron chi connectivity index (χ1n) is 20.4. The molecule has 14 nitrogen and oxygen atoms in total. The monoisotopic (exact) mass is 860 g/mol. The molecular weight excluding hydrogens is 812 g/mol. The molecule has 5 atom stereocenters. The maximum atomic E-state index is 14.7. The highest BCUT2D eigenvalue weighted by Gasteiger charge is 2.59. The smallest absolute Gasteiger partial charge is 0.408 e. The fraction of sp³-hybridized carbons (Fsp3) is 0.488. The van der Waals surface area contributed by atoms with E-state index in [2.05, 4.69) is 21.1 Å². The summed E-state index contributed by atoms with van der Waals surface area (Å²) in [5.74, 6) is -1.06. The number of ether oxygens (including phenoxy) is 2. The number of halogens is 1. The number of carbonyl (C=O) groups excluding carboxylic acids is 3. The van der Waals surface area contributed by atoms with Crippen LogP contribution in [0.1, 0.15) is 84.1 Å². The number of amides is 3. The molecule has 3 amide bonds. The van der Waals surface area contributed by atoms with Crippen LogP contribution in [-0.4, -0.2) is 93.7 Å². The number of thiophene rings is 1. The lowest BCUT2D eigenvalue weighted by atomic mass is 10.0. The molecule has 2 aliphatic carbocycles. The molecule has 4 aromatic rings. The predicted octanol–water partition coefficient (Wildman–Crippen LogP) is 5.91. The Morgan fingerprint density at radius 3 is 2.60 bits per heavy atom. The molecule has 4 heterocycles. The van der Waals surface area contributed by atoms with Crippen molar-refractivity contribution in [2.75, 3.05) is 6.54 Å². The van der Waals surface area contributed by atoms with Crippen molar-refractivity contribution in [3.8, 4) is 17.3 Å². The highest BCUT2D eigenvalue weighted by molar-refractivity contribution is 7.90. The van der Waals surface area contributed by atoms with Gasteiger partial charge >= 0.3 is 6.09 Å². The summed E-state index contributed by atoms with van der Waals surface area (Å²) in [6.45, 7) is 7.04. The van der Waals surface area contributed by atoms with Crippen LogP contribution in [0.2, 0.25) is 0 Å². The Labute approximate surface area is 351 Å². The lowest BCUT2D eigenvalue weighted by Gasteiger charge is -2.31. The number of aliphatic hydroxyl groups is 1. The molecular formula is C43H49FN6O8S2. The van der Waals surface area contributed by atoms with E-state index in [1.807, 2.05) is 37.3 Å². The topological polar surface area (TPSA) is 189 Å². The zero-order valence-electron chi connectivity index (χ0n) is 33.9. The van der Waals surface area contributed by atoms with Crippen LogP contribution in [0.15, 0.2) is 59.8 Å². The molecule has 60 heavy (non-hydrogen) atoms. The molecule has 17 heteroatoms. The van der Waals surface area contributed by atoms with Gasteiger partial charge in [0, 0.05) is 34.1 Å². The van der Waals surface area contributed by atoms with Crippen LogP contribution in [0.25, 0.3) is 31.7 Å². The Morgan fingerprint density at radius 2 is 1.87 bits per heavy atom. The van der Waals surface area contributed by atoms with Gasteiger partial charge in [-0.25, -0.2) is 22.6 Å². The molecule has 1 unspecified atom stereocenters. The SMILES string of the molecule is Cc1ccc(-c2nc(O[C@@H]3C[C@H]4C(=O)N[C@]5(C(O)NS(=O)(=O)C6CC6)CC5=C=CCCCCC[C@H](NC(=O)OC(C)(C)C)C(=O)N4C3)c3sc4ccc(F)cc4c3n2)cc1. The number of hydrogen-bond donors (Lipinski definition) is 4. The first kappa shape index (κ1) is 41.8. The first-order chi connectivity index (χ1) is 28.5. The summed E-state index contributed by atoms with van der Waals surface area (Å²) in [4.78, 5) is 53.5. The number of sulfonamides is 1. The van der Waals surface area contributed by atoms with Crippen LogP contribution in [0.3, 0.4) is 0 Å². The third-order valence-corrected chi connectivity index (χ3v) is 14.3. The van der Waals surface area contributed by atoms with Gasteiger partial charge in [0.15, 0.2) is 5.82 Å². The normalized spacial score (nSPS) is 24.5. The molecule has 2 aromatic carbocycles. The number of fused-ring (bicyclic) bond motifs is 5. The zero-order chi connectivity index (χ0) is 42.6. The summed E-state index contributed by atoms with van der Waals surface area (Å²) in [5.41, 5.74) is 3.61. The summed E-state index contributed by atoms with van der Waals surface area (Å²) < 4.78 is 56.5. The Morgan fingerprint density at radius 1 is 1.10 bits per heavy atom. The Hall–Kier alpha value is -4.93. The average molecular weight is 861 g/mol. The number of nitrogens with zero attached hydrogens (tertiary/aromatic N) is 3. The lowest BCUT2D eigenvalue weighted by Crippen LogP contribution is -2.59. The van der Waals surface area contributed by atoms with Gasteiger partial charge in [-0.1, -0.05) is 42.7 Å². The van der Waals surface area contributed by atoms with Gasteiger partial charge in [-0.15, -0.1) is 17.1 Å². The van der Waals surface area contributed by atoms with Gasteiger partial charge in [0.1, 0.15) is 46.1 Å². The second-order valence-electron chi connectivity index (χ2n) is 17.2. The van der Waals surface area contributed by atoms with Crippen molar-refractivity contribution in [1.29, 1.82) is 0 Å². The molecule has 8 rings (SSSR count). The summed E-state index contributed by atoms with van der Waals surface area (Å²) in [7, 11) is -3.86. The second kappa shape index (κ2) is 16.2. The third-order valence-electron chi connectivity index (χ3n) is 11.2. The standard InChI is InChI=1S/C43H49FN6O8S2/c1-24-12-14-25(15-13-24)36-46-34-30-20-27(44)16-19-33(30)59-35(34)38(47-36)57-28-21-32-37(51)48-43(40(53)49-60(55,56)29-17-18-29)22-26(43)10-8-6-5-7-9-11-31(39(52)50(32)23-28)45-41(54)58-42(2,3)4/h8,12-16,19-20,28-29,31-32,40,49,53H,5-7,9,11,17-18,21-23H2,1-4H3,(H,45,54)(H,48,51)/t10?,28-,31+,32+,40?,43-/m1/s1. The van der Waals surface area contributed by atoms with E-state index in [1.165, 1.54) is 28.4 Å². The summed E-state index contributed by atoms with van der Waals surface area (Å²) in [6, 6.07) is 9.87. The number of nitrogens with one attached hydrogen (secondary N) is 3. The first-order valence-corrected chi connectivity index (χ1v) is 22.8. The molecule has 2 saturated carbocycles. The number of rotatable bonds is 8. The van der Waals surface area contributed by atoms with Crippen LogP contribution in [-0.2, 0) is 24.3 Å². The Bertz CT molecular complexity index is 2530. The number of carbonyl (C=O) groups is 3. The largest absolute Gasteiger partial charge is 0.471 e. The number of benzene rings is 2. The van der Waals surface area contributed by atoms with Gasteiger partial charge in [-0.2, -0.15) is 9.71 Å². The maximum Gasteiger partial charge on any atom is 0.408 e. The van der Waals surface area contributed by atoms with Crippen molar-refractivity contribution >= 4 is 59.6 Å². The molecule has 3 fully saturated rings. The van der Waals surface area contributed by atoms with Gasteiger partial charge in [0.25, 0.3) is 0 Å². The van der Waals surface area contributed by atoms with E-state index < -0.39 is 74.6 Å². The van der Waals surface area contributed by atoms with Crippen LogP contribution >= 0.6 is 11.3 Å². The van der Waals surface area contributed by atoms with Crippen molar-refractivity contribution in [2.45, 2.75) is 126 Å². The van der Waals surface area contributed by atoms with Crippen LogP contribution in [0, 0.1) is 12.7 Å². The van der Waals surface area contributed by atoms with Crippen LogP contribution in [0.5, 0.6) is 5.88 Å². The fourth-order valence-corrected chi connectivity index (χ4v) is 10.3. The lowest BCUT2D eigenvalue weighted by molar-refractivity contribution is -0.140. The van der Waals surface area contributed by atoms with Crippen LogP contribution in [0.4, 0.5) is 9.18 Å². The van der Waals surface area contributed by atoms with Gasteiger partial charge in [0.2, 0.25) is 27.7 Å². The highest BCUT2D eigenvalue weighted by atomic mass is 32.2. The minimum atomic E-state index is -3.86. The van der Waals surface area contributed by atoms with Crippen molar-refractivity contribution in [3.05, 3.63) is 71.2 Å². The van der Waals surface area contributed by atoms with Gasteiger partial charge in [-0.3, -0.25) is 9.59 Å². The van der Waals surface area contributed by atoms with Gasteiger partial charge in [0.05, 0.1) is 17.3 Å². The van der Waals surface area contributed by atoms with Crippen molar-refractivity contribution in [2.24, 2.45) is 0 Å². The van der Waals surface area contributed by atoms with Crippen molar-refractivity contribution in [3.63, 3.8) is 0 Å². The molecule has 318 valence electrons. The third kappa shape index (κ3) is 8.91. The van der Waals surface area contributed by atoms with E-state index >= 15 is 0 Å². The average Bonchev–Trinajstić information content (AvgIpc) is 4.08. The maximum absolute atomic E-state index is 14.7. The van der Waals surface area contributed by atoms with E-state index in [0.29, 0.717) is 58.2 Å². The number of aliphatic hydroxyl groups excluding tert-OH is 1. The molecule has 0 bridgehead atoms. The molecule has 1 saturated heterocycles. The Kier molecular flexibility index (Phi) is 11.3. The quantitative estimate of drug-likeness (QED) is 0.123. The number of alkyl carbamates (subject to hydrolysis) is 1. The number of aromatic nitrogens is 2. The molecule has 2 aliphatic heterocycles. The minimum absolute atomic E-state index is 0.0174. The molecule has 4 N–H and O–H groups in total. The van der Waals surface area contributed by atoms with Crippen molar-refractivity contribution in [1.82, 2.24) is 30.2 Å².